The van der Waals surface area contributed by atoms with E-state index in [1.165, 1.54) is 24.5 Å². The summed E-state index contributed by atoms with van der Waals surface area (Å²) in [6.07, 6.45) is 0.955. The van der Waals surface area contributed by atoms with E-state index < -0.39 is 36.2 Å². The van der Waals surface area contributed by atoms with Crippen LogP contribution in [0, 0.1) is 5.41 Å². The molecule has 2 aliphatic carbocycles. The number of alkyl halides is 4. The molecule has 15 heteroatoms. The van der Waals surface area contributed by atoms with Crippen molar-refractivity contribution in [1.82, 2.24) is 24.9 Å². The zero-order chi connectivity index (χ0) is 34.2. The summed E-state index contributed by atoms with van der Waals surface area (Å²) in [5, 5.41) is 11.4. The molecule has 0 aromatic carbocycles. The van der Waals surface area contributed by atoms with Gasteiger partial charge < -0.3 is 19.7 Å². The number of nitrogens with one attached hydrogen (secondary N) is 2. The van der Waals surface area contributed by atoms with E-state index in [9.17, 15) is 27.2 Å². The van der Waals surface area contributed by atoms with Crippen molar-refractivity contribution in [3.8, 4) is 11.3 Å². The number of fused-ring (bicyclic) bond motifs is 1. The lowest BCUT2D eigenvalue weighted by molar-refractivity contribution is -0.142. The van der Waals surface area contributed by atoms with Gasteiger partial charge >= 0.3 is 12.1 Å². The number of amides is 1. The number of carbonyl (C=O) groups excluding carboxylic acids is 1. The quantitative estimate of drug-likeness (QED) is 0.151. The summed E-state index contributed by atoms with van der Waals surface area (Å²) in [7, 11) is 3.56. The number of aromatic amines is 1. The molecule has 2 aliphatic rings. The molecule has 48 heavy (non-hydrogen) atoms. The molecule has 0 spiro atoms. The maximum atomic E-state index is 14.1. The molecule has 0 saturated heterocycles. The molecule has 1 unspecified atom stereocenters. The summed E-state index contributed by atoms with van der Waals surface area (Å²) in [4.78, 5) is 46.3. The summed E-state index contributed by atoms with van der Waals surface area (Å²) in [5.74, 6) is -2.41. The normalized spacial score (nSPS) is 16.6. The van der Waals surface area contributed by atoms with E-state index in [0.29, 0.717) is 42.8 Å². The van der Waals surface area contributed by atoms with Crippen LogP contribution < -0.4 is 10.2 Å². The molecule has 1 atom stereocenters. The van der Waals surface area contributed by atoms with Gasteiger partial charge in [0.1, 0.15) is 11.2 Å². The fourth-order valence-electron chi connectivity index (χ4n) is 6.52. The Morgan fingerprint density at radius 2 is 1.90 bits per heavy atom. The number of methoxy groups -OCH3 is 1. The highest BCUT2D eigenvalue weighted by atomic mass is 19.4. The van der Waals surface area contributed by atoms with Gasteiger partial charge in [0.2, 0.25) is 12.1 Å². The third-order valence-corrected chi connectivity index (χ3v) is 9.00. The van der Waals surface area contributed by atoms with Crippen molar-refractivity contribution in [3.05, 3.63) is 59.2 Å². The van der Waals surface area contributed by atoms with E-state index in [4.69, 9.17) is 9.84 Å². The molecule has 11 nitrogen and oxygen atoms in total. The second-order valence-corrected chi connectivity index (χ2v) is 12.8. The number of imidazole rings is 1. The van der Waals surface area contributed by atoms with Crippen LogP contribution in [0.2, 0.25) is 0 Å². The van der Waals surface area contributed by atoms with Crippen LogP contribution in [0.1, 0.15) is 71.8 Å². The summed E-state index contributed by atoms with van der Waals surface area (Å²) >= 11 is 0. The molecule has 0 radical (unpaired) electrons. The summed E-state index contributed by atoms with van der Waals surface area (Å²) in [6.45, 7) is 1.16. The number of hydrogen-bond acceptors (Lipinski definition) is 8. The van der Waals surface area contributed by atoms with Crippen LogP contribution in [-0.2, 0) is 22.1 Å². The largest absolute Gasteiger partial charge is 0.479 e. The van der Waals surface area contributed by atoms with Crippen LogP contribution in [0.15, 0.2) is 36.7 Å². The summed E-state index contributed by atoms with van der Waals surface area (Å²) < 4.78 is 61.6. The van der Waals surface area contributed by atoms with Gasteiger partial charge in [-0.15, -0.1) is 0 Å². The fraction of sp³-hybridized carbons (Fsp3) is 0.455. The van der Waals surface area contributed by atoms with E-state index >= 15 is 0 Å². The number of carbonyl (C=O) groups is 2. The van der Waals surface area contributed by atoms with E-state index in [2.05, 4.69) is 30.2 Å². The minimum atomic E-state index is -4.58. The SMILES string of the molecule is COCC1(CN(C)c2cc(-c3cnc(C4CC4)c(C(F)(F)F)c3)nc3nc(NC(=O)c4ccc(CC(F)C(=O)O)cn4)[nH]c23)CCCC1. The molecule has 0 aliphatic heterocycles. The average Bonchev–Trinajstić information content (AvgIpc) is 3.66. The Morgan fingerprint density at radius 1 is 1.15 bits per heavy atom. The first-order valence-corrected chi connectivity index (χ1v) is 15.7. The molecular weight excluding hydrogens is 634 g/mol. The van der Waals surface area contributed by atoms with Crippen molar-refractivity contribution < 1.29 is 37.0 Å². The predicted octanol–water partition coefficient (Wildman–Crippen LogP) is 6.17. The maximum absolute atomic E-state index is 14.1. The first kappa shape index (κ1) is 33.2. The van der Waals surface area contributed by atoms with Gasteiger partial charge in [0.25, 0.3) is 5.91 Å². The Balaban J connectivity index is 1.35. The molecule has 2 saturated carbocycles. The highest BCUT2D eigenvalue weighted by Crippen LogP contribution is 2.46. The number of pyridine rings is 3. The van der Waals surface area contributed by atoms with Crippen LogP contribution in [0.5, 0.6) is 0 Å². The van der Waals surface area contributed by atoms with Crippen molar-refractivity contribution >= 4 is 34.7 Å². The number of nitrogens with zero attached hydrogens (tertiary/aromatic N) is 5. The molecule has 2 fully saturated rings. The molecule has 254 valence electrons. The number of halogens is 4. The Morgan fingerprint density at radius 3 is 2.52 bits per heavy atom. The molecule has 4 aromatic rings. The lowest BCUT2D eigenvalue weighted by Gasteiger charge is -2.34. The fourth-order valence-corrected chi connectivity index (χ4v) is 6.52. The molecule has 4 heterocycles. The van der Waals surface area contributed by atoms with E-state index in [-0.39, 0.29) is 45.6 Å². The maximum Gasteiger partial charge on any atom is 0.418 e. The Bertz CT molecular complexity index is 1820. The third kappa shape index (κ3) is 7.10. The first-order valence-electron chi connectivity index (χ1n) is 15.7. The number of H-pyrrole nitrogens is 1. The standard InChI is InChI=1S/C33H35F4N7O4/c1-44(16-32(17-48-2)9-3-4-10-32)25-13-24(20-12-21(33(35,36)37)26(39-15-20)19-6-7-19)40-28-27(25)41-31(42-28)43-29(45)23-8-5-18(14-38-23)11-22(34)30(46)47/h5,8,12-15,19,22H,3-4,6-7,9-11,16-17H2,1-2H3,(H,46,47)(H2,40,41,42,43,45). The first-order chi connectivity index (χ1) is 22.9. The van der Waals surface area contributed by atoms with Gasteiger partial charge in [-0.1, -0.05) is 18.9 Å². The summed E-state index contributed by atoms with van der Waals surface area (Å²) in [6, 6.07) is 5.54. The van der Waals surface area contributed by atoms with Crippen molar-refractivity contribution in [2.45, 2.75) is 63.2 Å². The number of aromatic nitrogens is 5. The molecule has 1 amide bonds. The highest BCUT2D eigenvalue weighted by Gasteiger charge is 2.40. The van der Waals surface area contributed by atoms with Crippen molar-refractivity contribution in [2.75, 3.05) is 37.5 Å². The molecule has 4 aromatic heterocycles. The highest BCUT2D eigenvalue weighted by molar-refractivity contribution is 6.03. The molecule has 6 rings (SSSR count). The number of carboxylic acid groups (broad SMARTS) is 1. The van der Waals surface area contributed by atoms with Gasteiger partial charge in [0.05, 0.1) is 29.2 Å². The lowest BCUT2D eigenvalue weighted by Crippen LogP contribution is -2.37. The number of hydrogen-bond donors (Lipinski definition) is 3. The predicted molar refractivity (Wildman–Crippen MR) is 169 cm³/mol. The van der Waals surface area contributed by atoms with Crippen molar-refractivity contribution in [1.29, 1.82) is 0 Å². The van der Waals surface area contributed by atoms with Gasteiger partial charge in [0.15, 0.2) is 5.65 Å². The van der Waals surface area contributed by atoms with Crippen LogP contribution in [0.25, 0.3) is 22.4 Å². The number of carboxylic acids is 1. The lowest BCUT2D eigenvalue weighted by atomic mass is 9.86. The van der Waals surface area contributed by atoms with Gasteiger partial charge in [0, 0.05) is 56.4 Å². The average molecular weight is 670 g/mol. The van der Waals surface area contributed by atoms with E-state index in [1.807, 2.05) is 11.9 Å². The van der Waals surface area contributed by atoms with Crippen molar-refractivity contribution in [3.63, 3.8) is 0 Å². The Hall–Kier alpha value is -4.66. The minimum absolute atomic E-state index is 0.0276. The van der Waals surface area contributed by atoms with Gasteiger partial charge in [-0.25, -0.2) is 14.2 Å². The monoisotopic (exact) mass is 669 g/mol. The van der Waals surface area contributed by atoms with Gasteiger partial charge in [-0.3, -0.25) is 20.1 Å². The minimum Gasteiger partial charge on any atom is -0.479 e. The number of rotatable bonds is 12. The van der Waals surface area contributed by atoms with Gasteiger partial charge in [-0.2, -0.15) is 18.2 Å². The van der Waals surface area contributed by atoms with E-state index in [0.717, 1.165) is 31.7 Å². The Labute approximate surface area is 273 Å². The molecule has 0 bridgehead atoms. The van der Waals surface area contributed by atoms with Crippen LogP contribution >= 0.6 is 0 Å². The smallest absolute Gasteiger partial charge is 0.418 e. The van der Waals surface area contributed by atoms with Crippen LogP contribution in [0.4, 0.5) is 29.2 Å². The third-order valence-electron chi connectivity index (χ3n) is 9.00. The molecule has 3 N–H and O–H groups in total. The number of anilines is 2. The van der Waals surface area contributed by atoms with Crippen LogP contribution in [0.3, 0.4) is 0 Å². The molecular formula is C33H35F4N7O4. The van der Waals surface area contributed by atoms with Gasteiger partial charge in [-0.05, 0) is 49.4 Å². The van der Waals surface area contributed by atoms with E-state index in [1.54, 1.807) is 13.2 Å². The van der Waals surface area contributed by atoms with Crippen LogP contribution in [-0.4, -0.2) is 75.4 Å². The zero-order valence-corrected chi connectivity index (χ0v) is 26.4. The Kier molecular flexibility index (Phi) is 9.07. The second-order valence-electron chi connectivity index (χ2n) is 12.8. The zero-order valence-electron chi connectivity index (χ0n) is 26.4. The summed E-state index contributed by atoms with van der Waals surface area (Å²) in [5.41, 5.74) is 1.11. The number of aliphatic carboxylic acids is 1. The van der Waals surface area contributed by atoms with Crippen molar-refractivity contribution in [2.24, 2.45) is 5.41 Å². The number of ether oxygens (including phenoxy) is 1. The second kappa shape index (κ2) is 13.1. The topological polar surface area (TPSA) is 146 Å².